The van der Waals surface area contributed by atoms with Crippen molar-refractivity contribution in [2.45, 2.75) is 5.33 Å². The van der Waals surface area contributed by atoms with Gasteiger partial charge in [0, 0.05) is 16.5 Å². The third kappa shape index (κ3) is 3.36. The van der Waals surface area contributed by atoms with E-state index >= 15 is 0 Å². The van der Waals surface area contributed by atoms with Crippen LogP contribution in [0.1, 0.15) is 31.8 Å². The van der Waals surface area contributed by atoms with Crippen molar-refractivity contribution in [3.05, 3.63) is 70.5 Å². The highest BCUT2D eigenvalue weighted by atomic mass is 79.9. The second kappa shape index (κ2) is 6.63. The minimum Gasteiger partial charge on any atom is -0.465 e. The molecule has 0 aliphatic rings. The predicted octanol–water partition coefficient (Wildman–Crippen LogP) is 3.74. The molecule has 0 saturated carbocycles. The summed E-state index contributed by atoms with van der Waals surface area (Å²) in [5, 5.41) is 0.453. The Morgan fingerprint density at radius 3 is 2.29 bits per heavy atom. The zero-order valence-electron chi connectivity index (χ0n) is 11.2. The summed E-state index contributed by atoms with van der Waals surface area (Å²) in [5.41, 5.74) is 1.75. The Morgan fingerprint density at radius 2 is 1.71 bits per heavy atom. The number of halogens is 2. The number of rotatable bonds is 4. The summed E-state index contributed by atoms with van der Waals surface area (Å²) in [4.78, 5) is 23.8. The molecule has 5 heteroatoms. The molecule has 2 aromatic rings. The van der Waals surface area contributed by atoms with E-state index in [-0.39, 0.29) is 5.78 Å². The number of ketones is 1. The minimum absolute atomic E-state index is 0.291. The lowest BCUT2D eigenvalue weighted by atomic mass is 9.98. The van der Waals surface area contributed by atoms with Crippen LogP contribution in [0, 0.1) is 5.82 Å². The highest BCUT2D eigenvalue weighted by Crippen LogP contribution is 2.19. The van der Waals surface area contributed by atoms with Crippen molar-refractivity contribution in [1.29, 1.82) is 0 Å². The van der Waals surface area contributed by atoms with Gasteiger partial charge in [-0.2, -0.15) is 0 Å². The van der Waals surface area contributed by atoms with Gasteiger partial charge in [0.15, 0.2) is 5.78 Å². The lowest BCUT2D eigenvalue weighted by Gasteiger charge is -2.07. The highest BCUT2D eigenvalue weighted by Gasteiger charge is 2.15. The standard InChI is InChI=1S/C16H12BrFO3/c1-21-16(20)11-4-2-10(3-5-11)15(19)14-8-13(18)7-6-12(14)9-17/h2-8H,9H2,1H3. The Bertz CT molecular complexity index is 680. The first-order valence-electron chi connectivity index (χ1n) is 6.14. The summed E-state index contributed by atoms with van der Waals surface area (Å²) in [6, 6.07) is 10.2. The van der Waals surface area contributed by atoms with E-state index < -0.39 is 11.8 Å². The van der Waals surface area contributed by atoms with Crippen molar-refractivity contribution in [2.75, 3.05) is 7.11 Å². The molecule has 2 rings (SSSR count). The molecule has 0 heterocycles. The SMILES string of the molecule is COC(=O)c1ccc(C(=O)c2cc(F)ccc2CBr)cc1. The summed E-state index contributed by atoms with van der Waals surface area (Å²) in [7, 11) is 1.29. The van der Waals surface area contributed by atoms with Crippen LogP contribution in [0.2, 0.25) is 0 Å². The van der Waals surface area contributed by atoms with Crippen molar-refractivity contribution in [3.8, 4) is 0 Å². The van der Waals surface area contributed by atoms with E-state index in [1.54, 1.807) is 6.07 Å². The molecular weight excluding hydrogens is 339 g/mol. The quantitative estimate of drug-likeness (QED) is 0.479. The molecule has 108 valence electrons. The molecule has 0 fully saturated rings. The van der Waals surface area contributed by atoms with Crippen molar-refractivity contribution in [1.82, 2.24) is 0 Å². The third-order valence-electron chi connectivity index (χ3n) is 3.03. The molecule has 0 aliphatic carbocycles. The number of hydrogen-bond acceptors (Lipinski definition) is 3. The lowest BCUT2D eigenvalue weighted by molar-refractivity contribution is 0.0600. The molecule has 0 aliphatic heterocycles. The first-order valence-corrected chi connectivity index (χ1v) is 7.26. The van der Waals surface area contributed by atoms with Crippen LogP contribution in [0.3, 0.4) is 0 Å². The number of methoxy groups -OCH3 is 1. The van der Waals surface area contributed by atoms with Gasteiger partial charge in [-0.25, -0.2) is 9.18 Å². The van der Waals surface area contributed by atoms with Crippen LogP contribution < -0.4 is 0 Å². The Labute approximate surface area is 129 Å². The fraction of sp³-hybridized carbons (Fsp3) is 0.125. The van der Waals surface area contributed by atoms with E-state index in [1.165, 1.54) is 43.5 Å². The molecule has 0 unspecified atom stereocenters. The largest absolute Gasteiger partial charge is 0.465 e. The van der Waals surface area contributed by atoms with Gasteiger partial charge in [0.2, 0.25) is 0 Å². The minimum atomic E-state index is -0.471. The summed E-state index contributed by atoms with van der Waals surface area (Å²) in [6.45, 7) is 0. The Morgan fingerprint density at radius 1 is 1.10 bits per heavy atom. The van der Waals surface area contributed by atoms with E-state index in [4.69, 9.17) is 0 Å². The molecule has 21 heavy (non-hydrogen) atoms. The van der Waals surface area contributed by atoms with Crippen molar-refractivity contribution in [3.63, 3.8) is 0 Å². The van der Waals surface area contributed by atoms with Gasteiger partial charge in [-0.1, -0.05) is 34.1 Å². The topological polar surface area (TPSA) is 43.4 Å². The average molecular weight is 351 g/mol. The molecule has 0 amide bonds. The fourth-order valence-electron chi connectivity index (χ4n) is 1.91. The predicted molar refractivity (Wildman–Crippen MR) is 80.2 cm³/mol. The number of alkyl halides is 1. The lowest BCUT2D eigenvalue weighted by Crippen LogP contribution is -2.07. The van der Waals surface area contributed by atoms with E-state index in [2.05, 4.69) is 20.7 Å². The van der Waals surface area contributed by atoms with Crippen LogP contribution in [-0.4, -0.2) is 18.9 Å². The number of hydrogen-bond donors (Lipinski definition) is 0. The monoisotopic (exact) mass is 350 g/mol. The van der Waals surface area contributed by atoms with Gasteiger partial charge < -0.3 is 4.74 Å². The van der Waals surface area contributed by atoms with E-state index in [0.29, 0.717) is 27.6 Å². The summed E-state index contributed by atoms with van der Waals surface area (Å²) < 4.78 is 17.9. The van der Waals surface area contributed by atoms with Gasteiger partial charge in [0.1, 0.15) is 5.82 Å². The Balaban J connectivity index is 2.36. The third-order valence-corrected chi connectivity index (χ3v) is 3.63. The number of carbonyl (C=O) groups is 2. The smallest absolute Gasteiger partial charge is 0.337 e. The van der Waals surface area contributed by atoms with Gasteiger partial charge in [0.05, 0.1) is 12.7 Å². The highest BCUT2D eigenvalue weighted by molar-refractivity contribution is 9.08. The zero-order valence-corrected chi connectivity index (χ0v) is 12.8. The number of esters is 1. The van der Waals surface area contributed by atoms with Crippen molar-refractivity contribution >= 4 is 27.7 Å². The maximum absolute atomic E-state index is 13.3. The van der Waals surface area contributed by atoms with Crippen LogP contribution in [0.15, 0.2) is 42.5 Å². The van der Waals surface area contributed by atoms with Crippen LogP contribution in [0.4, 0.5) is 4.39 Å². The number of carbonyl (C=O) groups excluding carboxylic acids is 2. The normalized spacial score (nSPS) is 10.2. The second-order valence-electron chi connectivity index (χ2n) is 4.33. The van der Waals surface area contributed by atoms with Gasteiger partial charge >= 0.3 is 5.97 Å². The van der Waals surface area contributed by atoms with Crippen LogP contribution >= 0.6 is 15.9 Å². The van der Waals surface area contributed by atoms with Gasteiger partial charge in [-0.3, -0.25) is 4.79 Å². The first-order chi connectivity index (χ1) is 10.1. The van der Waals surface area contributed by atoms with Crippen LogP contribution in [-0.2, 0) is 10.1 Å². The van der Waals surface area contributed by atoms with Gasteiger partial charge in [-0.05, 0) is 29.8 Å². The molecule has 3 nitrogen and oxygen atoms in total. The molecule has 0 aromatic heterocycles. The molecular formula is C16H12BrFO3. The second-order valence-corrected chi connectivity index (χ2v) is 4.89. The average Bonchev–Trinajstić information content (AvgIpc) is 2.53. The van der Waals surface area contributed by atoms with E-state index in [9.17, 15) is 14.0 Å². The molecule has 0 saturated heterocycles. The Kier molecular flexibility index (Phi) is 4.85. The number of ether oxygens (including phenoxy) is 1. The number of benzene rings is 2. The maximum Gasteiger partial charge on any atom is 0.337 e. The van der Waals surface area contributed by atoms with E-state index in [1.807, 2.05) is 0 Å². The fourth-order valence-corrected chi connectivity index (χ4v) is 2.40. The first kappa shape index (κ1) is 15.4. The zero-order chi connectivity index (χ0) is 15.4. The molecule has 0 radical (unpaired) electrons. The summed E-state index contributed by atoms with van der Waals surface area (Å²) >= 11 is 3.28. The van der Waals surface area contributed by atoms with Crippen LogP contribution in [0.25, 0.3) is 0 Å². The van der Waals surface area contributed by atoms with Crippen molar-refractivity contribution in [2.24, 2.45) is 0 Å². The van der Waals surface area contributed by atoms with Gasteiger partial charge in [-0.15, -0.1) is 0 Å². The molecule has 0 bridgehead atoms. The van der Waals surface area contributed by atoms with E-state index in [0.717, 1.165) is 0 Å². The van der Waals surface area contributed by atoms with Crippen LogP contribution in [0.5, 0.6) is 0 Å². The van der Waals surface area contributed by atoms with Crippen molar-refractivity contribution < 1.29 is 18.7 Å². The summed E-state index contributed by atoms with van der Waals surface area (Å²) in [5.74, 6) is -1.23. The van der Waals surface area contributed by atoms with Gasteiger partial charge in [0.25, 0.3) is 0 Å². The maximum atomic E-state index is 13.3. The molecule has 0 spiro atoms. The Hall–Kier alpha value is -2.01. The molecule has 0 N–H and O–H groups in total. The molecule has 2 aromatic carbocycles. The summed E-state index contributed by atoms with van der Waals surface area (Å²) in [6.07, 6.45) is 0. The molecule has 0 atom stereocenters.